The average Bonchev–Trinajstić information content (AvgIpc) is 3.57. The van der Waals surface area contributed by atoms with Crippen LogP contribution < -0.4 is 14.4 Å². The molecule has 1 saturated heterocycles. The first-order valence-corrected chi connectivity index (χ1v) is 12.6. The van der Waals surface area contributed by atoms with Gasteiger partial charge in [0.2, 0.25) is 0 Å². The van der Waals surface area contributed by atoms with Crippen LogP contribution in [0.3, 0.4) is 0 Å². The molecule has 178 valence electrons. The third-order valence-corrected chi connectivity index (χ3v) is 7.72. The van der Waals surface area contributed by atoms with Crippen molar-refractivity contribution in [2.45, 2.75) is 19.9 Å². The zero-order valence-corrected chi connectivity index (χ0v) is 20.9. The third-order valence-electron chi connectivity index (χ3n) is 5.78. The van der Waals surface area contributed by atoms with E-state index in [1.54, 1.807) is 31.4 Å². The molecule has 0 spiro atoms. The lowest BCUT2D eigenvalue weighted by atomic mass is 10.00. The minimum Gasteiger partial charge on any atom is -0.507 e. The van der Waals surface area contributed by atoms with Crippen molar-refractivity contribution in [1.82, 2.24) is 4.98 Å². The van der Waals surface area contributed by atoms with Crippen molar-refractivity contribution in [3.05, 3.63) is 75.5 Å². The minimum absolute atomic E-state index is 0.0270. The Kier molecular flexibility index (Phi) is 6.04. The molecular formula is C26H22N2O5S2. The van der Waals surface area contributed by atoms with Crippen LogP contribution in [0.4, 0.5) is 5.13 Å². The number of Topliss-reactive ketones (excluding diaryl/α,β-unsaturated/α-hetero) is 1. The number of methoxy groups -OCH3 is 1. The van der Waals surface area contributed by atoms with Crippen LogP contribution in [-0.2, 0) is 9.59 Å². The van der Waals surface area contributed by atoms with E-state index in [1.807, 2.05) is 43.5 Å². The smallest absolute Gasteiger partial charge is 0.301 e. The van der Waals surface area contributed by atoms with Crippen LogP contribution in [0.2, 0.25) is 0 Å². The molecule has 1 N–H and O–H groups in total. The van der Waals surface area contributed by atoms with Gasteiger partial charge in [-0.15, -0.1) is 11.3 Å². The summed E-state index contributed by atoms with van der Waals surface area (Å²) in [6, 6.07) is 13.5. The number of aliphatic hydroxyl groups is 1. The molecule has 1 amide bonds. The summed E-state index contributed by atoms with van der Waals surface area (Å²) in [5, 5.41) is 13.5. The molecule has 1 aliphatic rings. The van der Waals surface area contributed by atoms with Crippen molar-refractivity contribution in [2.75, 3.05) is 18.6 Å². The second-order valence-corrected chi connectivity index (χ2v) is 9.92. The highest BCUT2D eigenvalue weighted by Gasteiger charge is 2.48. The number of ketones is 1. The van der Waals surface area contributed by atoms with E-state index in [2.05, 4.69) is 4.98 Å². The Morgan fingerprint density at radius 1 is 1.17 bits per heavy atom. The zero-order chi connectivity index (χ0) is 24.7. The van der Waals surface area contributed by atoms with E-state index in [0.29, 0.717) is 28.6 Å². The van der Waals surface area contributed by atoms with Crippen molar-refractivity contribution >= 4 is 55.5 Å². The van der Waals surface area contributed by atoms with E-state index >= 15 is 0 Å². The summed E-state index contributed by atoms with van der Waals surface area (Å²) in [7, 11) is 1.60. The van der Waals surface area contributed by atoms with Gasteiger partial charge in [-0.1, -0.05) is 29.5 Å². The molecule has 5 rings (SSSR count). The number of ether oxygens (including phenoxy) is 2. The monoisotopic (exact) mass is 506 g/mol. The molecule has 2 aromatic carbocycles. The van der Waals surface area contributed by atoms with Gasteiger partial charge in [-0.3, -0.25) is 14.5 Å². The van der Waals surface area contributed by atoms with Gasteiger partial charge in [0.15, 0.2) is 5.13 Å². The van der Waals surface area contributed by atoms with Crippen LogP contribution in [0, 0.1) is 6.92 Å². The number of anilines is 1. The summed E-state index contributed by atoms with van der Waals surface area (Å²) < 4.78 is 11.8. The van der Waals surface area contributed by atoms with Crippen molar-refractivity contribution in [3.63, 3.8) is 0 Å². The second-order valence-electron chi connectivity index (χ2n) is 7.93. The van der Waals surface area contributed by atoms with Crippen LogP contribution >= 0.6 is 22.7 Å². The van der Waals surface area contributed by atoms with Gasteiger partial charge in [-0.25, -0.2) is 4.98 Å². The molecule has 1 fully saturated rings. The number of nitrogens with zero attached hydrogens (tertiary/aromatic N) is 2. The lowest BCUT2D eigenvalue weighted by molar-refractivity contribution is -0.132. The first-order valence-electron chi connectivity index (χ1n) is 11.0. The van der Waals surface area contributed by atoms with Gasteiger partial charge in [-0.2, -0.15) is 0 Å². The number of thiazole rings is 1. The predicted octanol–water partition coefficient (Wildman–Crippen LogP) is 5.70. The number of aliphatic hydroxyl groups excluding tert-OH is 1. The van der Waals surface area contributed by atoms with Gasteiger partial charge in [0, 0.05) is 10.4 Å². The van der Waals surface area contributed by atoms with E-state index < -0.39 is 17.7 Å². The molecule has 2 aromatic heterocycles. The number of benzene rings is 2. The highest BCUT2D eigenvalue weighted by Crippen LogP contribution is 2.46. The van der Waals surface area contributed by atoms with E-state index in [1.165, 1.54) is 27.6 Å². The summed E-state index contributed by atoms with van der Waals surface area (Å²) in [6.45, 7) is 4.25. The Bertz CT molecular complexity index is 1470. The van der Waals surface area contributed by atoms with Crippen molar-refractivity contribution in [3.8, 4) is 11.5 Å². The van der Waals surface area contributed by atoms with Crippen molar-refractivity contribution in [1.29, 1.82) is 0 Å². The first-order chi connectivity index (χ1) is 16.9. The maximum Gasteiger partial charge on any atom is 0.301 e. The molecule has 0 bridgehead atoms. The molecule has 3 heterocycles. The topological polar surface area (TPSA) is 89.0 Å². The number of aryl methyl sites for hydroxylation is 1. The number of fused-ring (bicyclic) bond motifs is 1. The number of hydrogen-bond donors (Lipinski definition) is 1. The molecule has 0 radical (unpaired) electrons. The molecular weight excluding hydrogens is 484 g/mol. The van der Waals surface area contributed by atoms with Crippen molar-refractivity contribution < 1.29 is 24.2 Å². The maximum atomic E-state index is 13.3. The lowest BCUT2D eigenvalue weighted by Gasteiger charge is -2.21. The van der Waals surface area contributed by atoms with E-state index in [0.717, 1.165) is 20.9 Å². The number of carbonyl (C=O) groups excluding carboxylic acids is 2. The molecule has 0 aliphatic carbocycles. The molecule has 35 heavy (non-hydrogen) atoms. The summed E-state index contributed by atoms with van der Waals surface area (Å²) in [4.78, 5) is 33.5. The van der Waals surface area contributed by atoms with Gasteiger partial charge in [0.05, 0.1) is 29.5 Å². The highest BCUT2D eigenvalue weighted by molar-refractivity contribution is 7.22. The summed E-state index contributed by atoms with van der Waals surface area (Å²) in [6.07, 6.45) is 0. The van der Waals surface area contributed by atoms with Gasteiger partial charge < -0.3 is 14.6 Å². The van der Waals surface area contributed by atoms with Crippen LogP contribution in [0.25, 0.3) is 16.0 Å². The minimum atomic E-state index is -0.797. The Hall–Kier alpha value is -3.69. The highest BCUT2D eigenvalue weighted by atomic mass is 32.1. The summed E-state index contributed by atoms with van der Waals surface area (Å²) >= 11 is 2.71. The van der Waals surface area contributed by atoms with Crippen LogP contribution in [-0.4, -0.2) is 35.5 Å². The molecule has 9 heteroatoms. The fraction of sp³-hybridized carbons (Fsp3) is 0.192. The number of aromatic nitrogens is 1. The number of amides is 1. The fourth-order valence-electron chi connectivity index (χ4n) is 4.17. The number of carbonyl (C=O) groups is 2. The van der Waals surface area contributed by atoms with Crippen LogP contribution in [0.5, 0.6) is 11.5 Å². The zero-order valence-electron chi connectivity index (χ0n) is 19.3. The van der Waals surface area contributed by atoms with Crippen LogP contribution in [0.1, 0.15) is 29.0 Å². The van der Waals surface area contributed by atoms with Crippen LogP contribution in [0.15, 0.2) is 59.5 Å². The number of thiophene rings is 1. The molecule has 4 aromatic rings. The standard InChI is InChI=1S/C26H22N2O5S2/c1-4-33-16-8-5-7-15(12-16)23(29)21-22(19-9-6-10-34-19)28(25(31)24(21)30)26-27-17-11-14(2)18(32-3)13-20(17)35-26/h5-13,22,29H,4H2,1-3H3/b23-21+. The largest absolute Gasteiger partial charge is 0.507 e. The molecule has 1 aliphatic heterocycles. The first kappa shape index (κ1) is 23.1. The third kappa shape index (κ3) is 3.96. The fourth-order valence-corrected chi connectivity index (χ4v) is 6.00. The lowest BCUT2D eigenvalue weighted by Crippen LogP contribution is -2.28. The number of rotatable bonds is 6. The van der Waals surface area contributed by atoms with Gasteiger partial charge >= 0.3 is 5.91 Å². The predicted molar refractivity (Wildman–Crippen MR) is 138 cm³/mol. The van der Waals surface area contributed by atoms with Gasteiger partial charge in [-0.05, 0) is 55.1 Å². The summed E-state index contributed by atoms with van der Waals surface area (Å²) in [5.74, 6) is -0.443. The Morgan fingerprint density at radius 3 is 2.71 bits per heavy atom. The van der Waals surface area contributed by atoms with E-state index in [-0.39, 0.29) is 11.3 Å². The molecule has 1 atom stereocenters. The van der Waals surface area contributed by atoms with E-state index in [9.17, 15) is 14.7 Å². The summed E-state index contributed by atoms with van der Waals surface area (Å²) in [5.41, 5.74) is 2.06. The second kappa shape index (κ2) is 9.16. The molecule has 7 nitrogen and oxygen atoms in total. The Labute approximate surface area is 209 Å². The molecule has 1 unspecified atom stereocenters. The van der Waals surface area contributed by atoms with Crippen molar-refractivity contribution in [2.24, 2.45) is 0 Å². The average molecular weight is 507 g/mol. The quantitative estimate of drug-likeness (QED) is 0.205. The SMILES string of the molecule is CCOc1cccc(/C(O)=C2\C(=O)C(=O)N(c3nc4cc(C)c(OC)cc4s3)C2c2cccs2)c1. The van der Waals surface area contributed by atoms with Gasteiger partial charge in [0.25, 0.3) is 5.78 Å². The van der Waals surface area contributed by atoms with Gasteiger partial charge in [0.1, 0.15) is 23.3 Å². The normalized spacial score (nSPS) is 17.3. The molecule has 0 saturated carbocycles. The Morgan fingerprint density at radius 2 is 2.00 bits per heavy atom. The van der Waals surface area contributed by atoms with E-state index in [4.69, 9.17) is 9.47 Å². The Balaban J connectivity index is 1.68. The number of hydrogen-bond acceptors (Lipinski definition) is 8. The maximum absolute atomic E-state index is 13.3.